The Morgan fingerprint density at radius 3 is 1.30 bits per heavy atom. The van der Waals surface area contributed by atoms with Gasteiger partial charge in [-0.1, -0.05) is 135 Å². The first kappa shape index (κ1) is 29.1. The Balaban J connectivity index is 0.000000490. The number of aliphatic carboxylic acids is 1. The third-order valence-electron chi connectivity index (χ3n) is 6.22. The summed E-state index contributed by atoms with van der Waals surface area (Å²) in [7, 11) is 0. The molecule has 0 amide bonds. The molecule has 2 rings (SSSR count). The van der Waals surface area contributed by atoms with Gasteiger partial charge in [0.15, 0.2) is 0 Å². The van der Waals surface area contributed by atoms with Crippen molar-refractivity contribution in [1.82, 2.24) is 15.4 Å². The molecule has 5 heteroatoms. The van der Waals surface area contributed by atoms with Crippen LogP contribution in [0.25, 0.3) is 11.0 Å². The molecule has 0 saturated heterocycles. The number of carboxylic acids is 1. The fourth-order valence-electron chi connectivity index (χ4n) is 4.14. The van der Waals surface area contributed by atoms with E-state index in [0.29, 0.717) is 6.42 Å². The maximum Gasteiger partial charge on any atom is 0.303 e. The van der Waals surface area contributed by atoms with Gasteiger partial charge in [0.2, 0.25) is 0 Å². The van der Waals surface area contributed by atoms with E-state index in [2.05, 4.69) is 22.3 Å². The number of nitrogens with zero attached hydrogens (tertiary/aromatic N) is 2. The monoisotopic (exact) mass is 459 g/mol. The molecule has 188 valence electrons. The normalized spacial score (nSPS) is 10.8. The number of aromatic amines is 1. The van der Waals surface area contributed by atoms with Gasteiger partial charge in [-0.2, -0.15) is 15.4 Å². The highest BCUT2D eigenvalue weighted by Crippen LogP contribution is 2.14. The van der Waals surface area contributed by atoms with Crippen LogP contribution < -0.4 is 0 Å². The Morgan fingerprint density at radius 2 is 0.970 bits per heavy atom. The van der Waals surface area contributed by atoms with E-state index < -0.39 is 5.97 Å². The number of benzene rings is 1. The van der Waals surface area contributed by atoms with Gasteiger partial charge in [0.05, 0.1) is 0 Å². The standard InChI is InChI=1S/C22H44O2.C6H5N3/c1-2-3-4-5-6-7-8-9-10-11-12-13-14-15-16-17-18-19-20-21-22(23)24;1-2-4-6-5(3-1)7-9-8-6/h2-21H2,1H3,(H,23,24);1-4H,(H,7,8,9). The Bertz CT molecular complexity index is 656. The summed E-state index contributed by atoms with van der Waals surface area (Å²) in [5.41, 5.74) is 1.83. The summed E-state index contributed by atoms with van der Waals surface area (Å²) in [4.78, 5) is 10.4. The molecular weight excluding hydrogens is 410 g/mol. The highest BCUT2D eigenvalue weighted by atomic mass is 16.4. The minimum absolute atomic E-state index is 0.346. The first-order valence-electron chi connectivity index (χ1n) is 13.7. The number of para-hydroxylation sites is 2. The third-order valence-corrected chi connectivity index (χ3v) is 6.22. The van der Waals surface area contributed by atoms with Crippen molar-refractivity contribution in [3.8, 4) is 0 Å². The van der Waals surface area contributed by atoms with Gasteiger partial charge in [-0.05, 0) is 18.6 Å². The molecule has 0 fully saturated rings. The minimum atomic E-state index is -0.651. The largest absolute Gasteiger partial charge is 0.481 e. The van der Waals surface area contributed by atoms with Crippen molar-refractivity contribution in [2.45, 2.75) is 135 Å². The lowest BCUT2D eigenvalue weighted by atomic mass is 10.0. The lowest BCUT2D eigenvalue weighted by Gasteiger charge is -2.03. The number of hydrogen-bond acceptors (Lipinski definition) is 3. The summed E-state index contributed by atoms with van der Waals surface area (Å²) in [5.74, 6) is -0.651. The lowest BCUT2D eigenvalue weighted by molar-refractivity contribution is -0.137. The third kappa shape index (κ3) is 18.2. The smallest absolute Gasteiger partial charge is 0.303 e. The molecule has 1 aromatic heterocycles. The van der Waals surface area contributed by atoms with Crippen LogP contribution >= 0.6 is 0 Å². The van der Waals surface area contributed by atoms with Crippen molar-refractivity contribution < 1.29 is 9.90 Å². The van der Waals surface area contributed by atoms with Crippen LogP contribution in [0.3, 0.4) is 0 Å². The van der Waals surface area contributed by atoms with Crippen molar-refractivity contribution in [3.63, 3.8) is 0 Å². The summed E-state index contributed by atoms with van der Waals surface area (Å²) in [6.07, 6.45) is 26.1. The fraction of sp³-hybridized carbons (Fsp3) is 0.750. The van der Waals surface area contributed by atoms with Crippen molar-refractivity contribution >= 4 is 17.0 Å². The second-order valence-electron chi connectivity index (χ2n) is 9.32. The number of carboxylic acid groups (broad SMARTS) is 1. The van der Waals surface area contributed by atoms with E-state index in [4.69, 9.17) is 5.11 Å². The zero-order chi connectivity index (χ0) is 23.8. The number of fused-ring (bicyclic) bond motifs is 1. The topological polar surface area (TPSA) is 78.9 Å². The van der Waals surface area contributed by atoms with Gasteiger partial charge in [0, 0.05) is 6.42 Å². The lowest BCUT2D eigenvalue weighted by Crippen LogP contribution is -1.93. The van der Waals surface area contributed by atoms with Crippen LogP contribution in [0.2, 0.25) is 0 Å². The second kappa shape index (κ2) is 21.9. The van der Waals surface area contributed by atoms with Crippen LogP contribution in [-0.2, 0) is 4.79 Å². The molecule has 0 spiro atoms. The molecule has 2 aromatic rings. The zero-order valence-electron chi connectivity index (χ0n) is 21.2. The van der Waals surface area contributed by atoms with Gasteiger partial charge in [-0.15, -0.1) is 0 Å². The number of hydrogen-bond donors (Lipinski definition) is 2. The van der Waals surface area contributed by atoms with Crippen molar-refractivity contribution in [3.05, 3.63) is 24.3 Å². The molecule has 1 aromatic carbocycles. The van der Waals surface area contributed by atoms with Crippen molar-refractivity contribution in [1.29, 1.82) is 0 Å². The number of nitrogens with one attached hydrogen (secondary N) is 1. The predicted octanol–water partition coefficient (Wildman–Crippen LogP) is 8.85. The molecule has 0 bridgehead atoms. The van der Waals surface area contributed by atoms with Gasteiger partial charge in [0.25, 0.3) is 0 Å². The Kier molecular flexibility index (Phi) is 19.3. The molecule has 0 aliphatic carbocycles. The Hall–Kier alpha value is -1.91. The SMILES string of the molecule is CCCCCCCCCCCCCCCCCCCCCC(=O)O.c1ccc2n[nH]nc2c1. The van der Waals surface area contributed by atoms with Gasteiger partial charge in [0.1, 0.15) is 11.0 Å². The van der Waals surface area contributed by atoms with Gasteiger partial charge >= 0.3 is 5.97 Å². The summed E-state index contributed by atoms with van der Waals surface area (Å²) < 4.78 is 0. The number of rotatable bonds is 20. The Labute approximate surface area is 202 Å². The molecular formula is C28H49N3O2. The van der Waals surface area contributed by atoms with Crippen LogP contribution in [0, 0.1) is 0 Å². The van der Waals surface area contributed by atoms with E-state index in [9.17, 15) is 4.79 Å². The summed E-state index contributed by atoms with van der Waals surface area (Å²) in [5, 5.41) is 18.9. The van der Waals surface area contributed by atoms with Crippen molar-refractivity contribution in [2.75, 3.05) is 0 Å². The van der Waals surface area contributed by atoms with Crippen molar-refractivity contribution in [2.24, 2.45) is 0 Å². The molecule has 0 saturated carbocycles. The molecule has 1 heterocycles. The second-order valence-corrected chi connectivity index (χ2v) is 9.32. The van der Waals surface area contributed by atoms with E-state index >= 15 is 0 Å². The van der Waals surface area contributed by atoms with E-state index in [1.165, 1.54) is 109 Å². The average Bonchev–Trinajstić information content (AvgIpc) is 3.30. The van der Waals surface area contributed by atoms with E-state index in [1.54, 1.807) is 0 Å². The quantitative estimate of drug-likeness (QED) is 0.194. The molecule has 0 radical (unpaired) electrons. The van der Waals surface area contributed by atoms with Crippen LogP contribution in [-0.4, -0.2) is 26.5 Å². The molecule has 0 unspecified atom stereocenters. The van der Waals surface area contributed by atoms with Crippen LogP contribution in [0.5, 0.6) is 0 Å². The number of H-pyrrole nitrogens is 1. The van der Waals surface area contributed by atoms with Crippen LogP contribution in [0.4, 0.5) is 0 Å². The molecule has 0 aliphatic rings. The minimum Gasteiger partial charge on any atom is -0.481 e. The van der Waals surface area contributed by atoms with Crippen LogP contribution in [0.1, 0.15) is 135 Å². The summed E-state index contributed by atoms with van der Waals surface area (Å²) in [6, 6.07) is 7.70. The van der Waals surface area contributed by atoms with Gasteiger partial charge in [-0.25, -0.2) is 0 Å². The maximum absolute atomic E-state index is 10.4. The van der Waals surface area contributed by atoms with E-state index in [0.717, 1.165) is 23.9 Å². The van der Waals surface area contributed by atoms with E-state index in [-0.39, 0.29) is 0 Å². The summed E-state index contributed by atoms with van der Waals surface area (Å²) >= 11 is 0. The van der Waals surface area contributed by atoms with Gasteiger partial charge < -0.3 is 5.11 Å². The molecule has 0 aliphatic heterocycles. The average molecular weight is 460 g/mol. The highest BCUT2D eigenvalue weighted by molar-refractivity contribution is 5.72. The number of carbonyl (C=O) groups is 1. The highest BCUT2D eigenvalue weighted by Gasteiger charge is 1.97. The first-order valence-corrected chi connectivity index (χ1v) is 13.7. The molecule has 0 atom stereocenters. The first-order chi connectivity index (χ1) is 16.2. The number of aromatic nitrogens is 3. The zero-order valence-corrected chi connectivity index (χ0v) is 21.2. The fourth-order valence-corrected chi connectivity index (χ4v) is 4.14. The summed E-state index contributed by atoms with van der Waals surface area (Å²) in [6.45, 7) is 2.28. The predicted molar refractivity (Wildman–Crippen MR) is 140 cm³/mol. The maximum atomic E-state index is 10.4. The number of unbranched alkanes of at least 4 members (excludes halogenated alkanes) is 18. The van der Waals surface area contributed by atoms with Crippen LogP contribution in [0.15, 0.2) is 24.3 Å². The van der Waals surface area contributed by atoms with E-state index in [1.807, 2.05) is 24.3 Å². The molecule has 2 N–H and O–H groups in total. The van der Waals surface area contributed by atoms with Gasteiger partial charge in [-0.3, -0.25) is 4.79 Å². The Morgan fingerprint density at radius 1 is 0.636 bits per heavy atom. The molecule has 5 nitrogen and oxygen atoms in total. The molecule has 33 heavy (non-hydrogen) atoms.